The number of amides is 1. The second-order valence-electron chi connectivity index (χ2n) is 7.55. The van der Waals surface area contributed by atoms with E-state index in [0.29, 0.717) is 22.5 Å². The normalized spacial score (nSPS) is 12.4. The molecule has 0 aliphatic heterocycles. The van der Waals surface area contributed by atoms with Gasteiger partial charge in [-0.1, -0.05) is 44.2 Å². The summed E-state index contributed by atoms with van der Waals surface area (Å²) in [5, 5.41) is 0. The average Bonchev–Trinajstić information content (AvgIpc) is 3.02. The summed E-state index contributed by atoms with van der Waals surface area (Å²) < 4.78 is 7.65. The van der Waals surface area contributed by atoms with Gasteiger partial charge in [0.15, 0.2) is 4.80 Å². The van der Waals surface area contributed by atoms with E-state index in [2.05, 4.69) is 25.8 Å². The fourth-order valence-electron chi connectivity index (χ4n) is 2.97. The summed E-state index contributed by atoms with van der Waals surface area (Å²) in [6.45, 7) is 9.09. The Kier molecular flexibility index (Phi) is 5.52. The lowest BCUT2D eigenvalue weighted by atomic mass is 9.87. The van der Waals surface area contributed by atoms with Gasteiger partial charge in [0.05, 0.1) is 22.9 Å². The molecule has 0 N–H and O–H groups in total. The van der Waals surface area contributed by atoms with Crippen LogP contribution < -0.4 is 4.80 Å². The molecule has 3 aromatic rings. The van der Waals surface area contributed by atoms with Crippen LogP contribution in [0.15, 0.2) is 47.5 Å². The lowest BCUT2D eigenvalue weighted by molar-refractivity contribution is 0.0601. The van der Waals surface area contributed by atoms with Gasteiger partial charge in [-0.2, -0.15) is 4.99 Å². The van der Waals surface area contributed by atoms with Crippen molar-refractivity contribution in [2.45, 2.75) is 39.7 Å². The van der Waals surface area contributed by atoms with Crippen LogP contribution in [0.1, 0.15) is 54.0 Å². The quantitative estimate of drug-likeness (QED) is 0.610. The molecule has 0 aliphatic carbocycles. The van der Waals surface area contributed by atoms with Crippen LogP contribution in [-0.4, -0.2) is 23.6 Å². The number of hydrogen-bond donors (Lipinski definition) is 0. The molecule has 146 valence electrons. The number of fused-ring (bicyclic) bond motifs is 1. The van der Waals surface area contributed by atoms with Crippen molar-refractivity contribution in [3.05, 3.63) is 64.0 Å². The maximum Gasteiger partial charge on any atom is 0.337 e. The van der Waals surface area contributed by atoms with Crippen LogP contribution in [-0.2, 0) is 16.7 Å². The van der Waals surface area contributed by atoms with E-state index in [9.17, 15) is 9.59 Å². The minimum Gasteiger partial charge on any atom is -0.465 e. The van der Waals surface area contributed by atoms with E-state index in [4.69, 9.17) is 4.74 Å². The number of carbonyl (C=O) groups excluding carboxylic acids is 2. The fourth-order valence-corrected chi connectivity index (χ4v) is 4.10. The molecule has 0 saturated heterocycles. The number of aryl methyl sites for hydroxylation is 1. The Labute approximate surface area is 168 Å². The van der Waals surface area contributed by atoms with Gasteiger partial charge in [0.25, 0.3) is 5.91 Å². The number of esters is 1. The van der Waals surface area contributed by atoms with E-state index in [-0.39, 0.29) is 17.3 Å². The molecule has 0 saturated carbocycles. The van der Waals surface area contributed by atoms with Gasteiger partial charge in [-0.15, -0.1) is 0 Å². The lowest BCUT2D eigenvalue weighted by Crippen LogP contribution is -2.16. The molecule has 0 spiro atoms. The topological polar surface area (TPSA) is 60.7 Å². The van der Waals surface area contributed by atoms with E-state index in [1.54, 1.807) is 12.1 Å². The number of rotatable bonds is 3. The van der Waals surface area contributed by atoms with Gasteiger partial charge < -0.3 is 9.30 Å². The third-order valence-corrected chi connectivity index (χ3v) is 5.66. The van der Waals surface area contributed by atoms with Crippen LogP contribution in [0.25, 0.3) is 10.2 Å². The molecule has 0 aliphatic rings. The highest BCUT2D eigenvalue weighted by atomic mass is 32.1. The van der Waals surface area contributed by atoms with Gasteiger partial charge in [0, 0.05) is 12.1 Å². The first-order valence-electron chi connectivity index (χ1n) is 9.16. The van der Waals surface area contributed by atoms with Crippen LogP contribution in [0.5, 0.6) is 0 Å². The molecule has 0 unspecified atom stereocenters. The van der Waals surface area contributed by atoms with Crippen molar-refractivity contribution >= 4 is 33.4 Å². The Balaban J connectivity index is 2.02. The van der Waals surface area contributed by atoms with Crippen molar-refractivity contribution in [3.8, 4) is 0 Å². The smallest absolute Gasteiger partial charge is 0.337 e. The number of nitrogens with zero attached hydrogens (tertiary/aromatic N) is 2. The first-order valence-corrected chi connectivity index (χ1v) is 9.97. The van der Waals surface area contributed by atoms with Crippen molar-refractivity contribution in [2.24, 2.45) is 4.99 Å². The molecule has 0 fully saturated rings. The molecule has 28 heavy (non-hydrogen) atoms. The largest absolute Gasteiger partial charge is 0.465 e. The van der Waals surface area contributed by atoms with E-state index in [0.717, 1.165) is 10.2 Å². The van der Waals surface area contributed by atoms with Crippen molar-refractivity contribution in [3.63, 3.8) is 0 Å². The second kappa shape index (κ2) is 7.72. The lowest BCUT2D eigenvalue weighted by Gasteiger charge is -2.18. The first-order chi connectivity index (χ1) is 13.2. The Hall–Kier alpha value is -2.73. The third-order valence-electron chi connectivity index (χ3n) is 4.62. The van der Waals surface area contributed by atoms with E-state index in [1.165, 1.54) is 24.0 Å². The summed E-state index contributed by atoms with van der Waals surface area (Å²) in [7, 11) is 1.36. The summed E-state index contributed by atoms with van der Waals surface area (Å²) >= 11 is 1.39. The highest BCUT2D eigenvalue weighted by Gasteiger charge is 2.15. The monoisotopic (exact) mass is 396 g/mol. The van der Waals surface area contributed by atoms with Gasteiger partial charge in [0.1, 0.15) is 0 Å². The minimum absolute atomic E-state index is 0.0345. The highest BCUT2D eigenvalue weighted by Crippen LogP contribution is 2.23. The molecule has 0 bridgehead atoms. The Bertz CT molecular complexity index is 1100. The van der Waals surface area contributed by atoms with Gasteiger partial charge in [-0.25, -0.2) is 4.79 Å². The number of ether oxygens (including phenoxy) is 1. The Morgan fingerprint density at radius 2 is 1.71 bits per heavy atom. The molecule has 1 amide bonds. The van der Waals surface area contributed by atoms with E-state index < -0.39 is 0 Å². The minimum atomic E-state index is -0.383. The number of hydrogen-bond acceptors (Lipinski definition) is 4. The number of benzene rings is 2. The van der Waals surface area contributed by atoms with Crippen LogP contribution in [0.3, 0.4) is 0 Å². The number of carbonyl (C=O) groups is 2. The fraction of sp³-hybridized carbons (Fsp3) is 0.318. The zero-order chi connectivity index (χ0) is 20.5. The summed E-state index contributed by atoms with van der Waals surface area (Å²) in [6, 6.07) is 13.0. The molecular formula is C22H24N2O3S. The van der Waals surface area contributed by atoms with Crippen molar-refractivity contribution in [1.29, 1.82) is 0 Å². The number of thiazole rings is 1. The molecular weight excluding hydrogens is 372 g/mol. The van der Waals surface area contributed by atoms with Crippen LogP contribution in [0.4, 0.5) is 0 Å². The molecule has 3 rings (SSSR count). The van der Waals surface area contributed by atoms with Crippen molar-refractivity contribution in [2.75, 3.05) is 7.11 Å². The van der Waals surface area contributed by atoms with E-state index >= 15 is 0 Å². The SMILES string of the molecule is CCn1c(=NC(=O)c2ccc(C(C)(C)C)cc2)sc2cc(C(=O)OC)ccc21. The third kappa shape index (κ3) is 3.92. The summed E-state index contributed by atoms with van der Waals surface area (Å²) in [5.74, 6) is -0.658. The predicted molar refractivity (Wildman–Crippen MR) is 112 cm³/mol. The van der Waals surface area contributed by atoms with Crippen molar-refractivity contribution < 1.29 is 14.3 Å². The van der Waals surface area contributed by atoms with Crippen LogP contribution >= 0.6 is 11.3 Å². The summed E-state index contributed by atoms with van der Waals surface area (Å²) in [4.78, 5) is 29.4. The molecule has 0 radical (unpaired) electrons. The maximum absolute atomic E-state index is 12.7. The zero-order valence-electron chi connectivity index (χ0n) is 16.8. The van der Waals surface area contributed by atoms with Crippen LogP contribution in [0.2, 0.25) is 0 Å². The van der Waals surface area contributed by atoms with E-state index in [1.807, 2.05) is 41.8 Å². The molecule has 6 heteroatoms. The Morgan fingerprint density at radius 1 is 1.07 bits per heavy atom. The van der Waals surface area contributed by atoms with Gasteiger partial charge >= 0.3 is 5.97 Å². The molecule has 0 atom stereocenters. The molecule has 5 nitrogen and oxygen atoms in total. The van der Waals surface area contributed by atoms with Crippen LogP contribution in [0, 0.1) is 0 Å². The van der Waals surface area contributed by atoms with Gasteiger partial charge in [0.2, 0.25) is 0 Å². The summed E-state index contributed by atoms with van der Waals surface area (Å²) in [6.07, 6.45) is 0. The maximum atomic E-state index is 12.7. The predicted octanol–water partition coefficient (Wildman–Crippen LogP) is 4.55. The Morgan fingerprint density at radius 3 is 2.29 bits per heavy atom. The van der Waals surface area contributed by atoms with Crippen molar-refractivity contribution in [1.82, 2.24) is 4.57 Å². The van der Waals surface area contributed by atoms with Gasteiger partial charge in [-0.05, 0) is 48.2 Å². The standard InChI is InChI=1S/C22H24N2O3S/c1-6-24-17-12-9-15(20(26)27-5)13-18(17)28-21(24)23-19(25)14-7-10-16(11-8-14)22(2,3)4/h7-13H,6H2,1-5H3. The molecule has 1 heterocycles. The zero-order valence-corrected chi connectivity index (χ0v) is 17.6. The first kappa shape index (κ1) is 20.0. The average molecular weight is 397 g/mol. The number of aromatic nitrogens is 1. The summed E-state index contributed by atoms with van der Waals surface area (Å²) in [5.41, 5.74) is 3.19. The highest BCUT2D eigenvalue weighted by molar-refractivity contribution is 7.16. The molecule has 2 aromatic carbocycles. The molecule has 1 aromatic heterocycles. The van der Waals surface area contributed by atoms with Gasteiger partial charge in [-0.3, -0.25) is 4.79 Å². The second-order valence-corrected chi connectivity index (χ2v) is 8.56. The number of methoxy groups -OCH3 is 1.